The number of nitrogens with one attached hydrogen (secondary N) is 1. The van der Waals surface area contributed by atoms with Gasteiger partial charge in [0.2, 0.25) is 11.8 Å². The van der Waals surface area contributed by atoms with Gasteiger partial charge in [-0.3, -0.25) is 0 Å². The maximum atomic E-state index is 11.3. The zero-order valence-electron chi connectivity index (χ0n) is 9.30. The molecule has 6 nitrogen and oxygen atoms in total. The fourth-order valence-electron chi connectivity index (χ4n) is 1.20. The summed E-state index contributed by atoms with van der Waals surface area (Å²) in [7, 11) is -3.18. The first-order valence-corrected chi connectivity index (χ1v) is 7.17. The molecule has 0 saturated heterocycles. The van der Waals surface area contributed by atoms with Crippen molar-refractivity contribution in [2.45, 2.75) is 37.6 Å². The molecule has 0 aliphatic heterocycles. The van der Waals surface area contributed by atoms with Crippen molar-refractivity contribution in [3.8, 4) is 0 Å². The van der Waals surface area contributed by atoms with Crippen LogP contribution in [0.5, 0.6) is 0 Å². The van der Waals surface area contributed by atoms with Crippen LogP contribution >= 0.6 is 0 Å². The van der Waals surface area contributed by atoms with Crippen molar-refractivity contribution < 1.29 is 12.8 Å². The highest BCUT2D eigenvalue weighted by atomic mass is 32.2. The molecule has 0 aromatic carbocycles. The minimum atomic E-state index is -3.18. The number of hydrogen-bond acceptors (Lipinski definition) is 6. The molecule has 1 aliphatic carbocycles. The second kappa shape index (κ2) is 4.14. The average Bonchev–Trinajstić information content (AvgIpc) is 2.91. The van der Waals surface area contributed by atoms with E-state index in [0.29, 0.717) is 18.5 Å². The van der Waals surface area contributed by atoms with Crippen LogP contribution in [0.25, 0.3) is 0 Å². The number of sulfone groups is 1. The van der Waals surface area contributed by atoms with Crippen LogP contribution in [0.15, 0.2) is 4.42 Å². The molecule has 1 saturated carbocycles. The Kier molecular flexibility index (Phi) is 2.98. The third kappa shape index (κ3) is 2.79. The van der Waals surface area contributed by atoms with E-state index in [2.05, 4.69) is 15.5 Å². The number of hydrogen-bond donors (Lipinski definition) is 1. The van der Waals surface area contributed by atoms with Gasteiger partial charge < -0.3 is 9.73 Å². The second-order valence-corrected chi connectivity index (χ2v) is 6.53. The molecule has 0 amide bonds. The van der Waals surface area contributed by atoms with Gasteiger partial charge >= 0.3 is 0 Å². The molecule has 16 heavy (non-hydrogen) atoms. The van der Waals surface area contributed by atoms with Gasteiger partial charge in [-0.2, -0.15) is 0 Å². The minimum Gasteiger partial charge on any atom is -0.422 e. The Morgan fingerprint density at radius 1 is 1.50 bits per heavy atom. The maximum Gasteiger partial charge on any atom is 0.234 e. The summed E-state index contributed by atoms with van der Waals surface area (Å²) in [6.45, 7) is 2.05. The molecule has 1 atom stereocenters. The van der Waals surface area contributed by atoms with Crippen LogP contribution in [0.4, 0.5) is 0 Å². The highest BCUT2D eigenvalue weighted by Gasteiger charge is 2.25. The van der Waals surface area contributed by atoms with Gasteiger partial charge in [0, 0.05) is 12.3 Å². The largest absolute Gasteiger partial charge is 0.422 e. The normalized spacial score (nSPS) is 18.6. The fourth-order valence-corrected chi connectivity index (χ4v) is 1.67. The molecule has 0 bridgehead atoms. The molecule has 1 unspecified atom stereocenters. The van der Waals surface area contributed by atoms with Gasteiger partial charge in [0.25, 0.3) is 0 Å². The lowest BCUT2D eigenvalue weighted by Crippen LogP contribution is -2.15. The standard InChI is InChI=1S/C9H15N3O3S/c1-6(16(2,13)14)9-12-11-8(15-9)5-10-7-3-4-7/h6-7,10H,3-5H2,1-2H3. The quantitative estimate of drug-likeness (QED) is 0.809. The van der Waals surface area contributed by atoms with Crippen LogP contribution < -0.4 is 5.32 Å². The minimum absolute atomic E-state index is 0.162. The van der Waals surface area contributed by atoms with Crippen molar-refractivity contribution in [3.05, 3.63) is 11.8 Å². The summed E-state index contributed by atoms with van der Waals surface area (Å²) in [6, 6.07) is 0.558. The fraction of sp³-hybridized carbons (Fsp3) is 0.778. The van der Waals surface area contributed by atoms with Gasteiger partial charge in [-0.1, -0.05) is 0 Å². The van der Waals surface area contributed by atoms with E-state index in [4.69, 9.17) is 4.42 Å². The SMILES string of the molecule is CC(c1nnc(CNC2CC2)o1)S(C)(=O)=O. The summed E-state index contributed by atoms with van der Waals surface area (Å²) in [5, 5.41) is 10.0. The van der Waals surface area contributed by atoms with E-state index in [1.54, 1.807) is 6.92 Å². The summed E-state index contributed by atoms with van der Waals surface area (Å²) in [6.07, 6.45) is 3.52. The summed E-state index contributed by atoms with van der Waals surface area (Å²) >= 11 is 0. The molecule has 0 radical (unpaired) electrons. The van der Waals surface area contributed by atoms with Crippen LogP contribution in [-0.4, -0.2) is 30.9 Å². The van der Waals surface area contributed by atoms with E-state index < -0.39 is 15.1 Å². The monoisotopic (exact) mass is 245 g/mol. The summed E-state index contributed by atoms with van der Waals surface area (Å²) in [5.41, 5.74) is 0. The van der Waals surface area contributed by atoms with Crippen molar-refractivity contribution in [1.29, 1.82) is 0 Å². The average molecular weight is 245 g/mol. The molecule has 1 aliphatic rings. The smallest absolute Gasteiger partial charge is 0.234 e. The van der Waals surface area contributed by atoms with Gasteiger partial charge in [-0.05, 0) is 19.8 Å². The van der Waals surface area contributed by atoms with Crippen molar-refractivity contribution >= 4 is 9.84 Å². The van der Waals surface area contributed by atoms with Crippen molar-refractivity contribution in [1.82, 2.24) is 15.5 Å². The van der Waals surface area contributed by atoms with E-state index in [1.807, 2.05) is 0 Å². The van der Waals surface area contributed by atoms with Crippen LogP contribution in [0.1, 0.15) is 36.8 Å². The van der Waals surface area contributed by atoms with Crippen LogP contribution in [0.2, 0.25) is 0 Å². The Balaban J connectivity index is 2.00. The first-order valence-electron chi connectivity index (χ1n) is 5.21. The first-order chi connectivity index (χ1) is 7.47. The van der Waals surface area contributed by atoms with Gasteiger partial charge in [0.15, 0.2) is 9.84 Å². The Hall–Kier alpha value is -0.950. The van der Waals surface area contributed by atoms with E-state index in [-0.39, 0.29) is 5.89 Å². The van der Waals surface area contributed by atoms with Crippen LogP contribution in [0.3, 0.4) is 0 Å². The Labute approximate surface area is 94.4 Å². The predicted molar refractivity (Wildman–Crippen MR) is 57.4 cm³/mol. The van der Waals surface area contributed by atoms with Crippen molar-refractivity contribution in [2.75, 3.05) is 6.26 Å². The summed E-state index contributed by atoms with van der Waals surface area (Å²) in [4.78, 5) is 0. The zero-order chi connectivity index (χ0) is 11.8. The Bertz CT molecular complexity index is 464. The molecule has 1 fully saturated rings. The highest BCUT2D eigenvalue weighted by Crippen LogP contribution is 2.21. The van der Waals surface area contributed by atoms with Crippen molar-refractivity contribution in [3.63, 3.8) is 0 Å². The molecule has 1 aromatic heterocycles. The van der Waals surface area contributed by atoms with E-state index in [1.165, 1.54) is 12.8 Å². The zero-order valence-corrected chi connectivity index (χ0v) is 10.1. The molecule has 1 heterocycles. The van der Waals surface area contributed by atoms with E-state index in [9.17, 15) is 8.42 Å². The lowest BCUT2D eigenvalue weighted by atomic mass is 10.5. The van der Waals surface area contributed by atoms with Crippen molar-refractivity contribution in [2.24, 2.45) is 0 Å². The molecule has 90 valence electrons. The molecule has 1 N–H and O–H groups in total. The van der Waals surface area contributed by atoms with Gasteiger partial charge in [-0.15, -0.1) is 10.2 Å². The van der Waals surface area contributed by atoms with E-state index >= 15 is 0 Å². The molecular weight excluding hydrogens is 230 g/mol. The third-order valence-electron chi connectivity index (χ3n) is 2.59. The molecule has 0 spiro atoms. The lowest BCUT2D eigenvalue weighted by molar-refractivity contribution is 0.428. The van der Waals surface area contributed by atoms with Crippen LogP contribution in [-0.2, 0) is 16.4 Å². The topological polar surface area (TPSA) is 85.1 Å². The van der Waals surface area contributed by atoms with Gasteiger partial charge in [0.05, 0.1) is 6.54 Å². The Morgan fingerprint density at radius 3 is 2.75 bits per heavy atom. The van der Waals surface area contributed by atoms with E-state index in [0.717, 1.165) is 6.26 Å². The van der Waals surface area contributed by atoms with Gasteiger partial charge in [-0.25, -0.2) is 8.42 Å². The summed E-state index contributed by atoms with van der Waals surface area (Å²) in [5.74, 6) is 0.604. The number of aromatic nitrogens is 2. The first kappa shape index (κ1) is 11.5. The summed E-state index contributed by atoms with van der Waals surface area (Å²) < 4.78 is 27.8. The highest BCUT2D eigenvalue weighted by molar-refractivity contribution is 7.90. The Morgan fingerprint density at radius 2 is 2.19 bits per heavy atom. The molecule has 7 heteroatoms. The second-order valence-electron chi connectivity index (χ2n) is 4.16. The molecule has 1 aromatic rings. The number of rotatable bonds is 5. The maximum absolute atomic E-state index is 11.3. The third-order valence-corrected chi connectivity index (χ3v) is 4.08. The molecule has 2 rings (SSSR count). The lowest BCUT2D eigenvalue weighted by Gasteiger charge is -2.02. The number of nitrogens with zero attached hydrogens (tertiary/aromatic N) is 2. The van der Waals surface area contributed by atoms with Gasteiger partial charge in [0.1, 0.15) is 5.25 Å². The molecular formula is C9H15N3O3S. The predicted octanol–water partition coefficient (Wildman–Crippen LogP) is 0.427. The van der Waals surface area contributed by atoms with Crippen LogP contribution in [0, 0.1) is 0 Å².